The molecule has 5 heteroatoms. The van der Waals surface area contributed by atoms with E-state index < -0.39 is 0 Å². The van der Waals surface area contributed by atoms with Gasteiger partial charge >= 0.3 is 0 Å². The molecule has 2 aromatic rings. The summed E-state index contributed by atoms with van der Waals surface area (Å²) in [4.78, 5) is 13.1. The van der Waals surface area contributed by atoms with Crippen LogP contribution in [0.1, 0.15) is 47.9 Å². The summed E-state index contributed by atoms with van der Waals surface area (Å²) in [6.07, 6.45) is 3.76. The summed E-state index contributed by atoms with van der Waals surface area (Å²) in [5.41, 5.74) is 9.37. The molecule has 2 heterocycles. The standard InChI is InChI=1S/C17H24N2O2S/c1-3-4-7-13-16(14-8-5-11-22-14)15(17(18)21)12(2)19(13)9-6-10-20/h5,8,11,20H,3-4,6-7,9-10H2,1-2H3,(H2,18,21). The number of hydrogen-bond acceptors (Lipinski definition) is 3. The molecule has 0 bridgehead atoms. The minimum atomic E-state index is -0.374. The Labute approximate surface area is 135 Å². The van der Waals surface area contributed by atoms with Gasteiger partial charge in [0.1, 0.15) is 0 Å². The van der Waals surface area contributed by atoms with E-state index in [9.17, 15) is 4.79 Å². The molecule has 0 saturated carbocycles. The van der Waals surface area contributed by atoms with Crippen molar-refractivity contribution in [2.45, 2.75) is 46.1 Å². The Balaban J connectivity index is 2.62. The summed E-state index contributed by atoms with van der Waals surface area (Å²) in [7, 11) is 0. The molecule has 0 unspecified atom stereocenters. The average molecular weight is 320 g/mol. The molecule has 0 aliphatic carbocycles. The molecule has 0 fully saturated rings. The van der Waals surface area contributed by atoms with Crippen LogP contribution in [0.2, 0.25) is 0 Å². The first-order valence-corrected chi connectivity index (χ1v) is 8.66. The van der Waals surface area contributed by atoms with Crippen LogP contribution < -0.4 is 5.73 Å². The molecule has 120 valence electrons. The van der Waals surface area contributed by atoms with Crippen molar-refractivity contribution in [1.82, 2.24) is 4.57 Å². The number of primary amides is 1. The van der Waals surface area contributed by atoms with Crippen LogP contribution in [-0.2, 0) is 13.0 Å². The van der Waals surface area contributed by atoms with Gasteiger partial charge in [0.05, 0.1) is 5.56 Å². The third-order valence-corrected chi connectivity index (χ3v) is 4.84. The number of thiophene rings is 1. The van der Waals surface area contributed by atoms with Gasteiger partial charge in [-0.3, -0.25) is 4.79 Å². The van der Waals surface area contributed by atoms with Crippen molar-refractivity contribution in [3.8, 4) is 10.4 Å². The third kappa shape index (κ3) is 3.25. The van der Waals surface area contributed by atoms with Crippen LogP contribution in [0.4, 0.5) is 0 Å². The molecule has 0 aliphatic rings. The van der Waals surface area contributed by atoms with E-state index in [0.717, 1.165) is 35.4 Å². The van der Waals surface area contributed by atoms with Crippen LogP contribution in [0.3, 0.4) is 0 Å². The molecule has 2 aromatic heterocycles. The molecule has 2 rings (SSSR count). The highest BCUT2D eigenvalue weighted by Crippen LogP contribution is 2.36. The quantitative estimate of drug-likeness (QED) is 0.783. The van der Waals surface area contributed by atoms with Crippen molar-refractivity contribution in [3.05, 3.63) is 34.5 Å². The molecule has 3 N–H and O–H groups in total. The maximum atomic E-state index is 12.0. The first-order chi connectivity index (χ1) is 10.6. The number of unbranched alkanes of at least 4 members (excludes halogenated alkanes) is 1. The lowest BCUT2D eigenvalue weighted by Crippen LogP contribution is -2.13. The van der Waals surface area contributed by atoms with Gasteiger partial charge in [-0.2, -0.15) is 0 Å². The van der Waals surface area contributed by atoms with Gasteiger partial charge in [-0.1, -0.05) is 19.4 Å². The van der Waals surface area contributed by atoms with Gasteiger partial charge in [0, 0.05) is 35.0 Å². The molecule has 0 atom stereocenters. The Bertz CT molecular complexity index is 630. The minimum Gasteiger partial charge on any atom is -0.396 e. The smallest absolute Gasteiger partial charge is 0.251 e. The molecule has 0 spiro atoms. The second-order valence-corrected chi connectivity index (χ2v) is 6.40. The molecular weight excluding hydrogens is 296 g/mol. The predicted octanol–water partition coefficient (Wildman–Crippen LogP) is 3.35. The highest BCUT2D eigenvalue weighted by molar-refractivity contribution is 7.13. The molecule has 22 heavy (non-hydrogen) atoms. The summed E-state index contributed by atoms with van der Waals surface area (Å²) in [5.74, 6) is -0.374. The normalized spacial score (nSPS) is 11.0. The van der Waals surface area contributed by atoms with E-state index in [1.165, 1.54) is 5.69 Å². The zero-order chi connectivity index (χ0) is 16.1. The fraction of sp³-hybridized carbons (Fsp3) is 0.471. The maximum absolute atomic E-state index is 12.0. The Kier molecular flexibility index (Phi) is 5.80. The van der Waals surface area contributed by atoms with E-state index in [2.05, 4.69) is 11.5 Å². The fourth-order valence-electron chi connectivity index (χ4n) is 2.92. The Morgan fingerprint density at radius 1 is 1.41 bits per heavy atom. The van der Waals surface area contributed by atoms with Gasteiger partial charge < -0.3 is 15.4 Å². The highest BCUT2D eigenvalue weighted by Gasteiger charge is 2.24. The van der Waals surface area contributed by atoms with Crippen molar-refractivity contribution in [2.24, 2.45) is 5.73 Å². The van der Waals surface area contributed by atoms with Crippen molar-refractivity contribution >= 4 is 17.2 Å². The first kappa shape index (κ1) is 16.8. The van der Waals surface area contributed by atoms with Gasteiger partial charge in [-0.25, -0.2) is 0 Å². The van der Waals surface area contributed by atoms with Crippen LogP contribution in [0, 0.1) is 6.92 Å². The molecule has 4 nitrogen and oxygen atoms in total. The van der Waals surface area contributed by atoms with Crippen LogP contribution >= 0.6 is 11.3 Å². The topological polar surface area (TPSA) is 68.2 Å². The van der Waals surface area contributed by atoms with E-state index >= 15 is 0 Å². The summed E-state index contributed by atoms with van der Waals surface area (Å²) < 4.78 is 2.17. The predicted molar refractivity (Wildman–Crippen MR) is 91.3 cm³/mol. The maximum Gasteiger partial charge on any atom is 0.251 e. The number of rotatable bonds is 8. The van der Waals surface area contributed by atoms with Crippen LogP contribution in [-0.4, -0.2) is 22.2 Å². The summed E-state index contributed by atoms with van der Waals surface area (Å²) in [6.45, 7) is 4.97. The third-order valence-electron chi connectivity index (χ3n) is 3.95. The summed E-state index contributed by atoms with van der Waals surface area (Å²) in [6, 6.07) is 4.03. The van der Waals surface area contributed by atoms with E-state index in [1.54, 1.807) is 11.3 Å². The van der Waals surface area contributed by atoms with Gasteiger partial charge in [-0.15, -0.1) is 11.3 Å². The monoisotopic (exact) mass is 320 g/mol. The lowest BCUT2D eigenvalue weighted by atomic mass is 10.0. The Morgan fingerprint density at radius 3 is 2.73 bits per heavy atom. The zero-order valence-electron chi connectivity index (χ0n) is 13.3. The number of carbonyl (C=O) groups excluding carboxylic acids is 1. The minimum absolute atomic E-state index is 0.144. The second kappa shape index (κ2) is 7.61. The summed E-state index contributed by atoms with van der Waals surface area (Å²) in [5, 5.41) is 11.2. The second-order valence-electron chi connectivity index (χ2n) is 5.46. The van der Waals surface area contributed by atoms with Crippen molar-refractivity contribution < 1.29 is 9.90 Å². The van der Waals surface area contributed by atoms with Crippen LogP contribution in [0.5, 0.6) is 0 Å². The van der Waals surface area contributed by atoms with Gasteiger partial charge in [-0.05, 0) is 37.6 Å². The molecular formula is C17H24N2O2S. The molecule has 0 radical (unpaired) electrons. The van der Waals surface area contributed by atoms with Gasteiger partial charge in [0.25, 0.3) is 5.91 Å². The van der Waals surface area contributed by atoms with Gasteiger partial charge in [0.2, 0.25) is 0 Å². The lowest BCUT2D eigenvalue weighted by molar-refractivity contribution is 0.1000. The van der Waals surface area contributed by atoms with E-state index in [0.29, 0.717) is 18.5 Å². The summed E-state index contributed by atoms with van der Waals surface area (Å²) >= 11 is 1.63. The molecule has 1 amide bonds. The molecule has 0 saturated heterocycles. The number of hydrogen-bond donors (Lipinski definition) is 2. The number of aliphatic hydroxyl groups excluding tert-OH is 1. The Hall–Kier alpha value is -1.59. The van der Waals surface area contributed by atoms with E-state index in [1.807, 2.05) is 24.4 Å². The fourth-order valence-corrected chi connectivity index (χ4v) is 3.72. The van der Waals surface area contributed by atoms with Crippen LogP contribution in [0.15, 0.2) is 17.5 Å². The van der Waals surface area contributed by atoms with E-state index in [-0.39, 0.29) is 12.5 Å². The van der Waals surface area contributed by atoms with E-state index in [4.69, 9.17) is 10.8 Å². The van der Waals surface area contributed by atoms with Crippen LogP contribution in [0.25, 0.3) is 10.4 Å². The average Bonchev–Trinajstić information content (AvgIpc) is 3.09. The number of aromatic nitrogens is 1. The SMILES string of the molecule is CCCCc1c(-c2cccs2)c(C(N)=O)c(C)n1CCCO. The number of carbonyl (C=O) groups is 1. The Morgan fingerprint density at radius 2 is 2.18 bits per heavy atom. The number of amides is 1. The van der Waals surface area contributed by atoms with Crippen molar-refractivity contribution in [1.29, 1.82) is 0 Å². The largest absolute Gasteiger partial charge is 0.396 e. The number of nitrogens with two attached hydrogens (primary N) is 1. The van der Waals surface area contributed by atoms with Crippen molar-refractivity contribution in [3.63, 3.8) is 0 Å². The molecule has 0 aliphatic heterocycles. The molecule has 0 aromatic carbocycles. The highest BCUT2D eigenvalue weighted by atomic mass is 32.1. The zero-order valence-corrected chi connectivity index (χ0v) is 14.1. The first-order valence-electron chi connectivity index (χ1n) is 7.78. The number of nitrogens with zero attached hydrogens (tertiary/aromatic N) is 1. The van der Waals surface area contributed by atoms with Gasteiger partial charge in [0.15, 0.2) is 0 Å². The number of aliphatic hydroxyl groups is 1. The lowest BCUT2D eigenvalue weighted by Gasteiger charge is -2.12. The van der Waals surface area contributed by atoms with Crippen molar-refractivity contribution in [2.75, 3.05) is 6.61 Å².